The fourth-order valence-electron chi connectivity index (χ4n) is 2.05. The summed E-state index contributed by atoms with van der Waals surface area (Å²) in [5.41, 5.74) is 2.07. The highest BCUT2D eigenvalue weighted by atomic mass is 79.9. The van der Waals surface area contributed by atoms with Crippen LogP contribution in [0.25, 0.3) is 0 Å². The summed E-state index contributed by atoms with van der Waals surface area (Å²) in [7, 11) is 0. The standard InChI is InChI=1S/C15H13BrN2O3/c16-12-6-11(8-17-9-12)14(19)18-13-3-1-2-10(7-13)15-20-4-5-21-15/h1-3,6-9,15H,4-5H2,(H,18,19). The molecule has 5 nitrogen and oxygen atoms in total. The number of pyridine rings is 1. The highest BCUT2D eigenvalue weighted by molar-refractivity contribution is 9.10. The van der Waals surface area contributed by atoms with E-state index in [1.54, 1.807) is 12.3 Å². The third kappa shape index (κ3) is 3.47. The second kappa shape index (κ2) is 6.34. The lowest BCUT2D eigenvalue weighted by molar-refractivity contribution is -0.0440. The molecule has 0 unspecified atom stereocenters. The largest absolute Gasteiger partial charge is 0.346 e. The van der Waals surface area contributed by atoms with E-state index < -0.39 is 0 Å². The highest BCUT2D eigenvalue weighted by Crippen LogP contribution is 2.25. The van der Waals surface area contributed by atoms with Crippen molar-refractivity contribution in [3.8, 4) is 0 Å². The maximum Gasteiger partial charge on any atom is 0.257 e. The molecular weight excluding hydrogens is 336 g/mol. The minimum atomic E-state index is -0.352. The third-order valence-corrected chi connectivity index (χ3v) is 3.44. The number of nitrogens with zero attached hydrogens (tertiary/aromatic N) is 1. The SMILES string of the molecule is O=C(Nc1cccc(C2OCCO2)c1)c1cncc(Br)c1. The van der Waals surface area contributed by atoms with E-state index >= 15 is 0 Å². The van der Waals surface area contributed by atoms with Crippen LogP contribution in [-0.4, -0.2) is 24.1 Å². The maximum absolute atomic E-state index is 12.2. The first-order valence-corrected chi connectivity index (χ1v) is 7.27. The molecule has 1 N–H and O–H groups in total. The van der Waals surface area contributed by atoms with Crippen LogP contribution in [-0.2, 0) is 9.47 Å². The zero-order valence-corrected chi connectivity index (χ0v) is 12.7. The first-order chi connectivity index (χ1) is 10.2. The van der Waals surface area contributed by atoms with Gasteiger partial charge in [-0.05, 0) is 34.1 Å². The summed E-state index contributed by atoms with van der Waals surface area (Å²) in [5.74, 6) is -0.214. The second-order valence-electron chi connectivity index (χ2n) is 4.54. The molecule has 1 amide bonds. The van der Waals surface area contributed by atoms with Gasteiger partial charge in [-0.3, -0.25) is 9.78 Å². The Balaban J connectivity index is 1.75. The van der Waals surface area contributed by atoms with Crippen molar-refractivity contribution < 1.29 is 14.3 Å². The first kappa shape index (κ1) is 14.2. The van der Waals surface area contributed by atoms with Crippen molar-refractivity contribution in [2.75, 3.05) is 18.5 Å². The van der Waals surface area contributed by atoms with Gasteiger partial charge in [0.2, 0.25) is 0 Å². The van der Waals surface area contributed by atoms with Gasteiger partial charge < -0.3 is 14.8 Å². The van der Waals surface area contributed by atoms with E-state index in [0.29, 0.717) is 24.5 Å². The number of aromatic nitrogens is 1. The Morgan fingerprint density at radius 3 is 2.81 bits per heavy atom. The van der Waals surface area contributed by atoms with Crippen LogP contribution in [0.4, 0.5) is 5.69 Å². The van der Waals surface area contributed by atoms with Crippen LogP contribution in [0.15, 0.2) is 47.2 Å². The van der Waals surface area contributed by atoms with Crippen molar-refractivity contribution in [3.05, 3.63) is 58.3 Å². The summed E-state index contributed by atoms with van der Waals surface area (Å²) in [6.45, 7) is 1.18. The molecule has 1 aliphatic rings. The number of carbonyl (C=O) groups is 1. The van der Waals surface area contributed by atoms with E-state index in [9.17, 15) is 4.79 Å². The summed E-state index contributed by atoms with van der Waals surface area (Å²) in [5, 5.41) is 2.84. The monoisotopic (exact) mass is 348 g/mol. The predicted octanol–water partition coefficient (Wildman–Crippen LogP) is 3.14. The Hall–Kier alpha value is -1.76. The zero-order chi connectivity index (χ0) is 14.7. The Kier molecular flexibility index (Phi) is 4.28. The summed E-state index contributed by atoms with van der Waals surface area (Å²) in [6, 6.07) is 9.15. The number of rotatable bonds is 3. The number of benzene rings is 1. The van der Waals surface area contributed by atoms with Crippen LogP contribution in [0.5, 0.6) is 0 Å². The molecule has 0 saturated carbocycles. The number of carbonyl (C=O) groups excluding carboxylic acids is 1. The van der Waals surface area contributed by atoms with Crippen LogP contribution < -0.4 is 5.32 Å². The lowest BCUT2D eigenvalue weighted by Crippen LogP contribution is -2.12. The Bertz CT molecular complexity index is 657. The minimum absolute atomic E-state index is 0.214. The molecular formula is C15H13BrN2O3. The van der Waals surface area contributed by atoms with Crippen LogP contribution in [0.1, 0.15) is 22.2 Å². The van der Waals surface area contributed by atoms with Gasteiger partial charge in [-0.1, -0.05) is 12.1 Å². The molecule has 1 saturated heterocycles. The van der Waals surface area contributed by atoms with E-state index in [2.05, 4.69) is 26.2 Å². The summed E-state index contributed by atoms with van der Waals surface area (Å²) >= 11 is 3.30. The Labute approximate surface area is 130 Å². The van der Waals surface area contributed by atoms with Crippen LogP contribution >= 0.6 is 15.9 Å². The zero-order valence-electron chi connectivity index (χ0n) is 11.1. The highest BCUT2D eigenvalue weighted by Gasteiger charge is 2.18. The first-order valence-electron chi connectivity index (χ1n) is 6.47. The fraction of sp³-hybridized carbons (Fsp3) is 0.200. The fourth-order valence-corrected chi connectivity index (χ4v) is 2.42. The van der Waals surface area contributed by atoms with Gasteiger partial charge >= 0.3 is 0 Å². The van der Waals surface area contributed by atoms with Crippen LogP contribution in [0.2, 0.25) is 0 Å². The molecule has 3 rings (SSSR count). The molecule has 1 fully saturated rings. The molecule has 0 atom stereocenters. The molecule has 6 heteroatoms. The average molecular weight is 349 g/mol. The van der Waals surface area contributed by atoms with E-state index in [-0.39, 0.29) is 12.2 Å². The predicted molar refractivity (Wildman–Crippen MR) is 81.0 cm³/mol. The van der Waals surface area contributed by atoms with Gasteiger partial charge in [-0.15, -0.1) is 0 Å². The molecule has 0 bridgehead atoms. The van der Waals surface area contributed by atoms with E-state index in [1.807, 2.05) is 24.3 Å². The van der Waals surface area contributed by atoms with Crippen molar-refractivity contribution in [2.45, 2.75) is 6.29 Å². The Morgan fingerprint density at radius 2 is 2.05 bits per heavy atom. The second-order valence-corrected chi connectivity index (χ2v) is 5.46. The average Bonchev–Trinajstić information content (AvgIpc) is 3.02. The number of ether oxygens (including phenoxy) is 2. The van der Waals surface area contributed by atoms with Gasteiger partial charge in [-0.25, -0.2) is 0 Å². The lowest BCUT2D eigenvalue weighted by atomic mass is 10.2. The van der Waals surface area contributed by atoms with E-state index in [4.69, 9.17) is 9.47 Å². The third-order valence-electron chi connectivity index (χ3n) is 3.01. The number of anilines is 1. The van der Waals surface area contributed by atoms with E-state index in [1.165, 1.54) is 6.20 Å². The molecule has 0 aliphatic carbocycles. The molecule has 21 heavy (non-hydrogen) atoms. The summed E-state index contributed by atoms with van der Waals surface area (Å²) in [6.07, 6.45) is 2.80. The van der Waals surface area contributed by atoms with E-state index in [0.717, 1.165) is 10.0 Å². The number of nitrogens with one attached hydrogen (secondary N) is 1. The summed E-state index contributed by atoms with van der Waals surface area (Å²) < 4.78 is 11.7. The van der Waals surface area contributed by atoms with Gasteiger partial charge in [0, 0.05) is 28.1 Å². The quantitative estimate of drug-likeness (QED) is 0.925. The van der Waals surface area contributed by atoms with Crippen molar-refractivity contribution >= 4 is 27.5 Å². The molecule has 2 aromatic rings. The van der Waals surface area contributed by atoms with Crippen molar-refractivity contribution in [1.29, 1.82) is 0 Å². The molecule has 0 radical (unpaired) electrons. The molecule has 1 aliphatic heterocycles. The normalized spacial score (nSPS) is 15.1. The smallest absolute Gasteiger partial charge is 0.257 e. The van der Waals surface area contributed by atoms with Gasteiger partial charge in [0.15, 0.2) is 6.29 Å². The maximum atomic E-state index is 12.2. The molecule has 2 heterocycles. The summed E-state index contributed by atoms with van der Waals surface area (Å²) in [4.78, 5) is 16.1. The molecule has 1 aromatic carbocycles. The van der Waals surface area contributed by atoms with Gasteiger partial charge in [0.25, 0.3) is 5.91 Å². The number of hydrogen-bond acceptors (Lipinski definition) is 4. The molecule has 0 spiro atoms. The van der Waals surface area contributed by atoms with Crippen LogP contribution in [0, 0.1) is 0 Å². The minimum Gasteiger partial charge on any atom is -0.346 e. The number of amides is 1. The topological polar surface area (TPSA) is 60.5 Å². The van der Waals surface area contributed by atoms with Crippen molar-refractivity contribution in [3.63, 3.8) is 0 Å². The molecule has 108 valence electrons. The van der Waals surface area contributed by atoms with Crippen molar-refractivity contribution in [1.82, 2.24) is 4.98 Å². The Morgan fingerprint density at radius 1 is 1.24 bits per heavy atom. The molecule has 1 aromatic heterocycles. The number of hydrogen-bond donors (Lipinski definition) is 1. The number of halogens is 1. The van der Waals surface area contributed by atoms with Gasteiger partial charge in [0.1, 0.15) is 0 Å². The van der Waals surface area contributed by atoms with Gasteiger partial charge in [-0.2, -0.15) is 0 Å². The lowest BCUT2D eigenvalue weighted by Gasteiger charge is -2.11. The van der Waals surface area contributed by atoms with Crippen molar-refractivity contribution in [2.24, 2.45) is 0 Å². The van der Waals surface area contributed by atoms with Gasteiger partial charge in [0.05, 0.1) is 18.8 Å². The van der Waals surface area contributed by atoms with Crippen LogP contribution in [0.3, 0.4) is 0 Å².